The lowest BCUT2D eigenvalue weighted by Gasteiger charge is -2.16. The minimum absolute atomic E-state index is 0.164. The van der Waals surface area contributed by atoms with Crippen LogP contribution in [-0.2, 0) is 4.79 Å². The van der Waals surface area contributed by atoms with Gasteiger partial charge in [0.15, 0.2) is 11.2 Å². The monoisotopic (exact) mass is 412 g/mol. The number of hydrogen-bond donors (Lipinski definition) is 2. The molecule has 0 aromatic heterocycles. The third kappa shape index (κ3) is 6.05. The van der Waals surface area contributed by atoms with Crippen LogP contribution in [0.3, 0.4) is 0 Å². The Labute approximate surface area is 167 Å². The van der Waals surface area contributed by atoms with Gasteiger partial charge in [0, 0.05) is 10.7 Å². The van der Waals surface area contributed by atoms with Crippen LogP contribution >= 0.6 is 35.4 Å². The second kappa shape index (κ2) is 9.62. The van der Waals surface area contributed by atoms with Crippen molar-refractivity contribution in [3.8, 4) is 11.5 Å². The first-order valence-corrected chi connectivity index (χ1v) is 9.02. The van der Waals surface area contributed by atoms with Gasteiger partial charge < -0.3 is 14.8 Å². The Bertz CT molecular complexity index is 785. The molecule has 0 aliphatic heterocycles. The Morgan fingerprint density at radius 3 is 2.50 bits per heavy atom. The average molecular weight is 413 g/mol. The first-order chi connectivity index (χ1) is 12.4. The van der Waals surface area contributed by atoms with E-state index in [0.29, 0.717) is 22.4 Å². The number of thiocarbonyl (C=S) groups is 1. The molecule has 0 aliphatic carbocycles. The summed E-state index contributed by atoms with van der Waals surface area (Å²) in [6, 6.07) is 12.0. The Morgan fingerprint density at radius 1 is 1.19 bits per heavy atom. The molecule has 0 saturated carbocycles. The summed E-state index contributed by atoms with van der Waals surface area (Å²) < 4.78 is 10.9. The summed E-state index contributed by atoms with van der Waals surface area (Å²) in [5.41, 5.74) is 0.730. The van der Waals surface area contributed by atoms with Crippen molar-refractivity contribution in [3.63, 3.8) is 0 Å². The molecule has 0 bridgehead atoms. The fourth-order valence-corrected chi connectivity index (χ4v) is 2.66. The highest BCUT2D eigenvalue weighted by atomic mass is 35.5. The van der Waals surface area contributed by atoms with E-state index >= 15 is 0 Å². The minimum atomic E-state index is -0.797. The van der Waals surface area contributed by atoms with E-state index in [-0.39, 0.29) is 5.11 Å². The van der Waals surface area contributed by atoms with Crippen LogP contribution in [0, 0.1) is 0 Å². The van der Waals surface area contributed by atoms with Crippen molar-refractivity contribution >= 4 is 52.1 Å². The number of hydrogen-bond acceptors (Lipinski definition) is 4. The number of benzene rings is 2. The van der Waals surface area contributed by atoms with Crippen LogP contribution in [0.15, 0.2) is 42.5 Å². The largest absolute Gasteiger partial charge is 0.494 e. The average Bonchev–Trinajstić information content (AvgIpc) is 2.59. The molecule has 2 rings (SSSR count). The molecule has 26 heavy (non-hydrogen) atoms. The van der Waals surface area contributed by atoms with Crippen molar-refractivity contribution in [1.29, 1.82) is 0 Å². The topological polar surface area (TPSA) is 59.6 Å². The number of anilines is 1. The highest BCUT2D eigenvalue weighted by Crippen LogP contribution is 2.28. The molecule has 2 N–H and O–H groups in total. The molecule has 2 aromatic rings. The SMILES string of the molecule is CCOc1ccc(NC(=S)NC(=O)C(C)Oc2ccc(Cl)cc2Cl)cc1. The molecule has 0 heterocycles. The molecular weight excluding hydrogens is 395 g/mol. The normalized spacial score (nSPS) is 11.4. The molecule has 0 aliphatic rings. The zero-order chi connectivity index (χ0) is 19.1. The lowest BCUT2D eigenvalue weighted by atomic mass is 10.3. The number of carbonyl (C=O) groups excluding carboxylic acids is 1. The van der Waals surface area contributed by atoms with Gasteiger partial charge in [-0.15, -0.1) is 0 Å². The quantitative estimate of drug-likeness (QED) is 0.674. The summed E-state index contributed by atoms with van der Waals surface area (Å²) in [4.78, 5) is 12.2. The number of carbonyl (C=O) groups is 1. The van der Waals surface area contributed by atoms with Crippen molar-refractivity contribution in [3.05, 3.63) is 52.5 Å². The van der Waals surface area contributed by atoms with Crippen molar-refractivity contribution in [2.24, 2.45) is 0 Å². The zero-order valence-electron chi connectivity index (χ0n) is 14.2. The number of nitrogens with one attached hydrogen (secondary N) is 2. The van der Waals surface area contributed by atoms with E-state index in [1.54, 1.807) is 37.3 Å². The van der Waals surface area contributed by atoms with E-state index in [1.165, 1.54) is 0 Å². The van der Waals surface area contributed by atoms with Crippen LogP contribution in [0.2, 0.25) is 10.0 Å². The number of ether oxygens (including phenoxy) is 2. The maximum Gasteiger partial charge on any atom is 0.266 e. The number of amides is 1. The van der Waals surface area contributed by atoms with Gasteiger partial charge in [-0.1, -0.05) is 23.2 Å². The predicted molar refractivity (Wildman–Crippen MR) is 109 cm³/mol. The molecule has 0 spiro atoms. The summed E-state index contributed by atoms with van der Waals surface area (Å²) in [7, 11) is 0. The van der Waals surface area contributed by atoms with Gasteiger partial charge in [-0.25, -0.2) is 0 Å². The van der Waals surface area contributed by atoms with E-state index in [2.05, 4.69) is 10.6 Å². The van der Waals surface area contributed by atoms with Gasteiger partial charge in [-0.3, -0.25) is 10.1 Å². The van der Waals surface area contributed by atoms with Crippen molar-refractivity contribution in [1.82, 2.24) is 5.32 Å². The summed E-state index contributed by atoms with van der Waals surface area (Å²) >= 11 is 17.0. The van der Waals surface area contributed by atoms with Gasteiger partial charge >= 0.3 is 0 Å². The third-order valence-electron chi connectivity index (χ3n) is 3.23. The molecule has 0 saturated heterocycles. The summed E-state index contributed by atoms with van der Waals surface area (Å²) in [6.07, 6.45) is -0.797. The summed E-state index contributed by atoms with van der Waals surface area (Å²) in [5.74, 6) is 0.721. The first-order valence-electron chi connectivity index (χ1n) is 7.85. The smallest absolute Gasteiger partial charge is 0.266 e. The van der Waals surface area contributed by atoms with Gasteiger partial charge in [0.1, 0.15) is 11.5 Å². The van der Waals surface area contributed by atoms with E-state index < -0.39 is 12.0 Å². The van der Waals surface area contributed by atoms with Crippen LogP contribution in [0.1, 0.15) is 13.8 Å². The summed E-state index contributed by atoms with van der Waals surface area (Å²) in [6.45, 7) is 4.10. The zero-order valence-corrected chi connectivity index (χ0v) is 16.5. The second-order valence-corrected chi connectivity index (χ2v) is 6.49. The molecule has 1 atom stereocenters. The van der Waals surface area contributed by atoms with E-state index in [0.717, 1.165) is 11.4 Å². The Morgan fingerprint density at radius 2 is 1.88 bits per heavy atom. The fourth-order valence-electron chi connectivity index (χ4n) is 1.99. The van der Waals surface area contributed by atoms with Gasteiger partial charge in [-0.05, 0) is 68.5 Å². The molecule has 1 amide bonds. The molecule has 0 radical (unpaired) electrons. The van der Waals surface area contributed by atoms with Crippen LogP contribution in [-0.4, -0.2) is 23.7 Å². The second-order valence-electron chi connectivity index (χ2n) is 5.24. The number of halogens is 2. The lowest BCUT2D eigenvalue weighted by molar-refractivity contribution is -0.125. The number of rotatable bonds is 6. The maximum absolute atomic E-state index is 12.2. The minimum Gasteiger partial charge on any atom is -0.494 e. The highest BCUT2D eigenvalue weighted by Gasteiger charge is 2.17. The molecular formula is C18H18Cl2N2O3S. The van der Waals surface area contributed by atoms with E-state index in [1.807, 2.05) is 19.1 Å². The van der Waals surface area contributed by atoms with E-state index in [4.69, 9.17) is 44.9 Å². The molecule has 138 valence electrons. The van der Waals surface area contributed by atoms with Crippen LogP contribution in [0.5, 0.6) is 11.5 Å². The van der Waals surface area contributed by atoms with Crippen molar-refractivity contribution in [2.45, 2.75) is 20.0 Å². The predicted octanol–water partition coefficient (Wildman–Crippen LogP) is 4.67. The van der Waals surface area contributed by atoms with Crippen molar-refractivity contribution in [2.75, 3.05) is 11.9 Å². The fraction of sp³-hybridized carbons (Fsp3) is 0.222. The van der Waals surface area contributed by atoms with Crippen LogP contribution in [0.25, 0.3) is 0 Å². The van der Waals surface area contributed by atoms with Gasteiger partial charge in [0.25, 0.3) is 5.91 Å². The Kier molecular flexibility index (Phi) is 7.50. The first kappa shape index (κ1) is 20.3. The summed E-state index contributed by atoms with van der Waals surface area (Å²) in [5, 5.41) is 6.48. The molecule has 2 aromatic carbocycles. The molecule has 8 heteroatoms. The Balaban J connectivity index is 1.88. The van der Waals surface area contributed by atoms with Crippen LogP contribution < -0.4 is 20.1 Å². The maximum atomic E-state index is 12.2. The highest BCUT2D eigenvalue weighted by molar-refractivity contribution is 7.80. The lowest BCUT2D eigenvalue weighted by Crippen LogP contribution is -2.42. The molecule has 1 unspecified atom stereocenters. The van der Waals surface area contributed by atoms with Gasteiger partial charge in [0.2, 0.25) is 0 Å². The van der Waals surface area contributed by atoms with E-state index in [9.17, 15) is 4.79 Å². The van der Waals surface area contributed by atoms with Gasteiger partial charge in [-0.2, -0.15) is 0 Å². The third-order valence-corrected chi connectivity index (χ3v) is 3.96. The molecule has 5 nitrogen and oxygen atoms in total. The molecule has 0 fully saturated rings. The standard InChI is InChI=1S/C18H18Cl2N2O3S/c1-3-24-14-7-5-13(6-8-14)21-18(26)22-17(23)11(2)25-16-9-4-12(19)10-15(16)20/h4-11H,3H2,1-2H3,(H2,21,22,23,26). The van der Waals surface area contributed by atoms with Crippen LogP contribution in [0.4, 0.5) is 5.69 Å². The van der Waals surface area contributed by atoms with Gasteiger partial charge in [0.05, 0.1) is 11.6 Å². The Hall–Kier alpha value is -2.02. The van der Waals surface area contributed by atoms with Crippen molar-refractivity contribution < 1.29 is 14.3 Å².